The summed E-state index contributed by atoms with van der Waals surface area (Å²) in [6.45, 7) is 6.24. The topological polar surface area (TPSA) is 55.8 Å². The van der Waals surface area contributed by atoms with Gasteiger partial charge in [-0.2, -0.15) is 0 Å². The van der Waals surface area contributed by atoms with Crippen LogP contribution >= 0.6 is 11.6 Å². The van der Waals surface area contributed by atoms with Gasteiger partial charge >= 0.3 is 11.9 Å². The number of carbonyl (C=O) groups is 2. The van der Waals surface area contributed by atoms with Gasteiger partial charge in [-0.3, -0.25) is 9.59 Å². The van der Waals surface area contributed by atoms with Crippen molar-refractivity contribution < 1.29 is 19.1 Å². The lowest BCUT2D eigenvalue weighted by Crippen LogP contribution is -2.28. The Kier molecular flexibility index (Phi) is 41.7. The fraction of sp³-hybridized carbons (Fsp3) is 0.952. The second-order valence-electron chi connectivity index (χ2n) is 14.8. The maximum atomic E-state index is 12.2. The highest BCUT2D eigenvalue weighted by molar-refractivity contribution is 6.20. The highest BCUT2D eigenvalue weighted by Gasteiger charge is 2.22. The van der Waals surface area contributed by atoms with Gasteiger partial charge in [-0.15, -0.1) is 0 Å². The molecule has 0 fully saturated rings. The van der Waals surface area contributed by atoms with E-state index in [1.165, 1.54) is 167 Å². The number of halogens is 1. The number of unbranched alkanes of at least 4 members (excludes halogenated alkanes) is 28. The van der Waals surface area contributed by atoms with Crippen molar-refractivity contribution in [2.75, 3.05) is 21.1 Å². The Hall–Kier alpha value is -0.810. The minimum absolute atomic E-state index is 0.253. The lowest BCUT2D eigenvalue weighted by molar-refractivity contribution is -0.161. The number of rotatable bonds is 35. The normalized spacial score (nSPS) is 12.4. The first-order valence-corrected chi connectivity index (χ1v) is 21.3. The molecule has 0 spiro atoms. The van der Waals surface area contributed by atoms with Gasteiger partial charge in [0.2, 0.25) is 5.56 Å². The van der Waals surface area contributed by atoms with E-state index in [2.05, 4.69) is 13.8 Å². The molecular formula is C42H84ClNO4. The quantitative estimate of drug-likeness (QED) is 0.0374. The molecule has 288 valence electrons. The zero-order valence-electron chi connectivity index (χ0n) is 33.2. The highest BCUT2D eigenvalue weighted by atomic mass is 35.5. The molecule has 0 saturated carbocycles. The third kappa shape index (κ3) is 43.2. The van der Waals surface area contributed by atoms with Crippen LogP contribution in [0.15, 0.2) is 0 Å². The molecule has 0 bridgehead atoms. The molecule has 6 heteroatoms. The van der Waals surface area contributed by atoms with Crippen LogP contribution in [-0.2, 0) is 19.1 Å². The molecule has 0 N–H and O–H groups in total. The summed E-state index contributed by atoms with van der Waals surface area (Å²) in [4.78, 5) is 26.3. The summed E-state index contributed by atoms with van der Waals surface area (Å²) in [5, 5.41) is 0. The Morgan fingerprint density at radius 2 is 0.646 bits per heavy atom. The SMILES string of the molecule is CCCCCCCCCCCCCCCCCC(=O)OC(C)C(Cl)OC(=O)CCCCCCCCCCCCCCCCC.CN(C)C. The third-order valence-corrected chi connectivity index (χ3v) is 9.34. The van der Waals surface area contributed by atoms with Gasteiger partial charge in [0, 0.05) is 12.8 Å². The molecule has 0 radical (unpaired) electrons. The average molecular weight is 703 g/mol. The van der Waals surface area contributed by atoms with Crippen molar-refractivity contribution in [3.8, 4) is 0 Å². The lowest BCUT2D eigenvalue weighted by atomic mass is 10.0. The molecule has 0 saturated heterocycles. The summed E-state index contributed by atoms with van der Waals surface area (Å²) in [5.74, 6) is -0.554. The molecule has 0 amide bonds. The number of hydrogen-bond acceptors (Lipinski definition) is 5. The van der Waals surface area contributed by atoms with Crippen molar-refractivity contribution in [2.45, 2.75) is 238 Å². The maximum Gasteiger partial charge on any atom is 0.307 e. The molecule has 0 heterocycles. The molecular weight excluding hydrogens is 618 g/mol. The molecule has 48 heavy (non-hydrogen) atoms. The van der Waals surface area contributed by atoms with E-state index in [0.29, 0.717) is 12.8 Å². The minimum Gasteiger partial charge on any atom is -0.457 e. The largest absolute Gasteiger partial charge is 0.457 e. The van der Waals surface area contributed by atoms with Crippen LogP contribution in [0.3, 0.4) is 0 Å². The fourth-order valence-electron chi connectivity index (χ4n) is 5.88. The van der Waals surface area contributed by atoms with E-state index < -0.39 is 11.7 Å². The third-order valence-electron chi connectivity index (χ3n) is 8.90. The second-order valence-corrected chi connectivity index (χ2v) is 15.2. The first-order valence-electron chi connectivity index (χ1n) is 20.9. The summed E-state index contributed by atoms with van der Waals surface area (Å²) in [5.41, 5.74) is -0.927. The molecule has 0 aliphatic rings. The Morgan fingerprint density at radius 1 is 0.438 bits per heavy atom. The summed E-state index contributed by atoms with van der Waals surface area (Å²) in [6.07, 6.45) is 39.1. The number of alkyl halides is 1. The first kappa shape index (κ1) is 49.3. The smallest absolute Gasteiger partial charge is 0.307 e. The van der Waals surface area contributed by atoms with Crippen LogP contribution in [0.25, 0.3) is 0 Å². The van der Waals surface area contributed by atoms with Gasteiger partial charge in [-0.05, 0) is 40.9 Å². The van der Waals surface area contributed by atoms with E-state index in [4.69, 9.17) is 21.1 Å². The highest BCUT2D eigenvalue weighted by Crippen LogP contribution is 2.17. The first-order chi connectivity index (χ1) is 23.2. The van der Waals surface area contributed by atoms with Crippen molar-refractivity contribution in [1.82, 2.24) is 4.90 Å². The van der Waals surface area contributed by atoms with Crippen LogP contribution in [0.5, 0.6) is 0 Å². The van der Waals surface area contributed by atoms with Crippen molar-refractivity contribution in [3.05, 3.63) is 0 Å². The number of hydrogen-bond donors (Lipinski definition) is 0. The molecule has 2 unspecified atom stereocenters. The second kappa shape index (κ2) is 40.6. The summed E-state index contributed by atoms with van der Waals surface area (Å²) in [6, 6.07) is 0. The van der Waals surface area contributed by atoms with Gasteiger partial charge < -0.3 is 14.4 Å². The summed E-state index contributed by atoms with van der Waals surface area (Å²) < 4.78 is 10.7. The zero-order chi connectivity index (χ0) is 35.9. The van der Waals surface area contributed by atoms with Gasteiger partial charge in [-0.1, -0.05) is 205 Å². The zero-order valence-corrected chi connectivity index (χ0v) is 34.0. The van der Waals surface area contributed by atoms with Crippen LogP contribution in [0.4, 0.5) is 0 Å². The Labute approximate surface area is 305 Å². The van der Waals surface area contributed by atoms with Gasteiger partial charge in [0.15, 0.2) is 0 Å². The molecule has 0 aromatic rings. The summed E-state index contributed by atoms with van der Waals surface area (Å²) in [7, 11) is 6.00. The van der Waals surface area contributed by atoms with Gasteiger partial charge in [0.05, 0.1) is 0 Å². The van der Waals surface area contributed by atoms with Crippen LogP contribution in [-0.4, -0.2) is 49.6 Å². The molecule has 2 atom stereocenters. The Bertz CT molecular complexity index is 605. The van der Waals surface area contributed by atoms with Crippen LogP contribution in [0.1, 0.15) is 226 Å². The number of esters is 2. The van der Waals surface area contributed by atoms with Crippen molar-refractivity contribution in [3.63, 3.8) is 0 Å². The van der Waals surface area contributed by atoms with Crippen molar-refractivity contribution in [1.29, 1.82) is 0 Å². The average Bonchev–Trinajstić information content (AvgIpc) is 3.04. The molecule has 0 rings (SSSR count). The molecule has 5 nitrogen and oxygen atoms in total. The number of ether oxygens (including phenoxy) is 2. The van der Waals surface area contributed by atoms with Crippen molar-refractivity contribution >= 4 is 23.5 Å². The monoisotopic (exact) mass is 702 g/mol. The maximum absolute atomic E-state index is 12.2. The minimum atomic E-state index is -0.927. The van der Waals surface area contributed by atoms with E-state index in [0.717, 1.165) is 25.7 Å². The molecule has 0 aliphatic heterocycles. The number of carbonyl (C=O) groups excluding carboxylic acids is 2. The Morgan fingerprint density at radius 3 is 0.896 bits per heavy atom. The summed E-state index contributed by atoms with van der Waals surface area (Å²) >= 11 is 6.22. The van der Waals surface area contributed by atoms with Gasteiger partial charge in [0.25, 0.3) is 0 Å². The van der Waals surface area contributed by atoms with Crippen LogP contribution in [0.2, 0.25) is 0 Å². The van der Waals surface area contributed by atoms with Crippen LogP contribution in [0, 0.1) is 0 Å². The molecule has 0 aromatic carbocycles. The predicted octanol–water partition coefficient (Wildman–Crippen LogP) is 13.7. The van der Waals surface area contributed by atoms with E-state index >= 15 is 0 Å². The van der Waals surface area contributed by atoms with E-state index in [1.807, 2.05) is 26.0 Å². The fourth-order valence-corrected chi connectivity index (χ4v) is 6.03. The standard InChI is InChI=1S/C39H75ClO4.C3H9N/c1-4-6-8-10-12-14-16-18-20-22-24-26-28-30-32-34-37(41)43-36(3)39(40)44-38(42)35-33-31-29-27-25-23-21-19-17-15-13-11-9-7-5-2;1-4(2)3/h36,39H,4-35H2,1-3H3;1-3H3. The van der Waals surface area contributed by atoms with E-state index in [-0.39, 0.29) is 11.9 Å². The van der Waals surface area contributed by atoms with Crippen molar-refractivity contribution in [2.24, 2.45) is 0 Å². The Balaban J connectivity index is 0. The molecule has 0 aliphatic carbocycles. The number of nitrogens with zero attached hydrogens (tertiary/aromatic N) is 1. The van der Waals surface area contributed by atoms with E-state index in [9.17, 15) is 9.59 Å². The lowest BCUT2D eigenvalue weighted by Gasteiger charge is -2.19. The van der Waals surface area contributed by atoms with Gasteiger partial charge in [0.1, 0.15) is 6.10 Å². The molecule has 0 aromatic heterocycles. The van der Waals surface area contributed by atoms with Crippen LogP contribution < -0.4 is 0 Å². The van der Waals surface area contributed by atoms with Gasteiger partial charge in [-0.25, -0.2) is 0 Å². The van der Waals surface area contributed by atoms with E-state index in [1.54, 1.807) is 6.92 Å². The predicted molar refractivity (Wildman–Crippen MR) is 210 cm³/mol.